The number of nitrogens with one attached hydrogen (secondary N) is 1. The second kappa shape index (κ2) is 6.84. The van der Waals surface area contributed by atoms with Crippen LogP contribution in [0.5, 0.6) is 0 Å². The van der Waals surface area contributed by atoms with Crippen LogP contribution in [0.4, 0.5) is 4.39 Å². The zero-order valence-corrected chi connectivity index (χ0v) is 12.2. The zero-order chi connectivity index (χ0) is 14.5. The van der Waals surface area contributed by atoms with Gasteiger partial charge in [-0.2, -0.15) is 0 Å². The van der Waals surface area contributed by atoms with E-state index in [-0.39, 0.29) is 17.5 Å². The summed E-state index contributed by atoms with van der Waals surface area (Å²) in [6.45, 7) is 3.10. The topological polar surface area (TPSA) is 32.3 Å². The number of benzene rings is 1. The van der Waals surface area contributed by atoms with Crippen molar-refractivity contribution in [1.82, 2.24) is 10.2 Å². The summed E-state index contributed by atoms with van der Waals surface area (Å²) in [5, 5.41) is 3.45. The molecule has 1 aromatic rings. The maximum absolute atomic E-state index is 13.7. The van der Waals surface area contributed by atoms with Crippen molar-refractivity contribution in [1.29, 1.82) is 0 Å². The van der Waals surface area contributed by atoms with Gasteiger partial charge in [0.1, 0.15) is 5.82 Å². The number of amides is 1. The third kappa shape index (κ3) is 3.37. The normalized spacial score (nSPS) is 22.6. The molecule has 4 heteroatoms. The SMILES string of the molecule is CCNC1CCC(N(C)C(=O)c2ccccc2F)CC1. The van der Waals surface area contributed by atoms with Crippen LogP contribution >= 0.6 is 0 Å². The van der Waals surface area contributed by atoms with Crippen LogP contribution in [0.1, 0.15) is 43.0 Å². The maximum atomic E-state index is 13.7. The molecular formula is C16H23FN2O. The molecule has 0 spiro atoms. The van der Waals surface area contributed by atoms with Gasteiger partial charge in [-0.15, -0.1) is 0 Å². The summed E-state index contributed by atoms with van der Waals surface area (Å²) < 4.78 is 13.7. The van der Waals surface area contributed by atoms with Gasteiger partial charge in [-0.05, 0) is 44.4 Å². The van der Waals surface area contributed by atoms with Crippen molar-refractivity contribution in [2.75, 3.05) is 13.6 Å². The molecule has 1 aliphatic carbocycles. The summed E-state index contributed by atoms with van der Waals surface area (Å²) in [5.41, 5.74) is 0.170. The van der Waals surface area contributed by atoms with Gasteiger partial charge in [0.05, 0.1) is 5.56 Å². The molecule has 1 amide bonds. The van der Waals surface area contributed by atoms with Crippen LogP contribution < -0.4 is 5.32 Å². The highest BCUT2D eigenvalue weighted by Crippen LogP contribution is 2.24. The first-order valence-corrected chi connectivity index (χ1v) is 7.38. The van der Waals surface area contributed by atoms with Gasteiger partial charge in [-0.3, -0.25) is 4.79 Å². The number of carbonyl (C=O) groups excluding carboxylic acids is 1. The monoisotopic (exact) mass is 278 g/mol. The molecule has 110 valence electrons. The van der Waals surface area contributed by atoms with Crippen molar-refractivity contribution in [2.45, 2.75) is 44.7 Å². The molecule has 1 aliphatic rings. The zero-order valence-electron chi connectivity index (χ0n) is 12.2. The number of rotatable bonds is 4. The molecule has 1 aromatic carbocycles. The molecule has 0 radical (unpaired) electrons. The van der Waals surface area contributed by atoms with Crippen molar-refractivity contribution in [2.24, 2.45) is 0 Å². The standard InChI is InChI=1S/C16H23FN2O/c1-3-18-12-8-10-13(11-9-12)19(2)16(20)14-6-4-5-7-15(14)17/h4-7,12-13,18H,3,8-11H2,1-2H3. The van der Waals surface area contributed by atoms with Crippen LogP contribution in [0.25, 0.3) is 0 Å². The van der Waals surface area contributed by atoms with E-state index >= 15 is 0 Å². The number of nitrogens with zero attached hydrogens (tertiary/aromatic N) is 1. The lowest BCUT2D eigenvalue weighted by molar-refractivity contribution is 0.0680. The molecule has 0 aliphatic heterocycles. The van der Waals surface area contributed by atoms with Crippen LogP contribution in [0.2, 0.25) is 0 Å². The largest absolute Gasteiger partial charge is 0.339 e. The maximum Gasteiger partial charge on any atom is 0.256 e. The predicted octanol–water partition coefficient (Wildman–Crippen LogP) is 2.82. The summed E-state index contributed by atoms with van der Waals surface area (Å²) in [7, 11) is 1.78. The average Bonchev–Trinajstić information content (AvgIpc) is 2.47. The summed E-state index contributed by atoms with van der Waals surface area (Å²) in [5.74, 6) is -0.652. The minimum atomic E-state index is -0.439. The van der Waals surface area contributed by atoms with E-state index < -0.39 is 5.82 Å². The fourth-order valence-corrected chi connectivity index (χ4v) is 2.95. The molecule has 0 heterocycles. The molecule has 1 N–H and O–H groups in total. The van der Waals surface area contributed by atoms with E-state index in [4.69, 9.17) is 0 Å². The van der Waals surface area contributed by atoms with E-state index in [1.807, 2.05) is 0 Å². The highest BCUT2D eigenvalue weighted by molar-refractivity contribution is 5.94. The third-order valence-electron chi connectivity index (χ3n) is 4.16. The van der Waals surface area contributed by atoms with Gasteiger partial charge in [0.2, 0.25) is 0 Å². The van der Waals surface area contributed by atoms with Crippen LogP contribution in [-0.4, -0.2) is 36.5 Å². The molecule has 0 unspecified atom stereocenters. The first-order valence-electron chi connectivity index (χ1n) is 7.38. The number of halogens is 1. The van der Waals surface area contributed by atoms with Gasteiger partial charge < -0.3 is 10.2 Å². The summed E-state index contributed by atoms with van der Waals surface area (Å²) in [6.07, 6.45) is 4.11. The molecule has 0 bridgehead atoms. The Balaban J connectivity index is 1.97. The lowest BCUT2D eigenvalue weighted by Crippen LogP contribution is -2.43. The highest BCUT2D eigenvalue weighted by Gasteiger charge is 2.27. The Morgan fingerprint density at radius 1 is 1.30 bits per heavy atom. The Kier molecular flexibility index (Phi) is 5.12. The number of carbonyl (C=O) groups is 1. The van der Waals surface area contributed by atoms with Crippen LogP contribution in [0.3, 0.4) is 0 Å². The Hall–Kier alpha value is -1.42. The quantitative estimate of drug-likeness (QED) is 0.918. The number of hydrogen-bond acceptors (Lipinski definition) is 2. The first-order chi connectivity index (χ1) is 9.63. The predicted molar refractivity (Wildman–Crippen MR) is 78.2 cm³/mol. The molecule has 20 heavy (non-hydrogen) atoms. The second-order valence-electron chi connectivity index (χ2n) is 5.46. The summed E-state index contributed by atoms with van der Waals surface area (Å²) >= 11 is 0. The minimum Gasteiger partial charge on any atom is -0.339 e. The van der Waals surface area contributed by atoms with E-state index in [9.17, 15) is 9.18 Å². The van der Waals surface area contributed by atoms with Gasteiger partial charge in [-0.1, -0.05) is 19.1 Å². The molecule has 1 saturated carbocycles. The highest BCUT2D eigenvalue weighted by atomic mass is 19.1. The van der Waals surface area contributed by atoms with Gasteiger partial charge in [0.25, 0.3) is 5.91 Å². The third-order valence-corrected chi connectivity index (χ3v) is 4.16. The molecule has 3 nitrogen and oxygen atoms in total. The van der Waals surface area contributed by atoms with Crippen molar-refractivity contribution < 1.29 is 9.18 Å². The lowest BCUT2D eigenvalue weighted by Gasteiger charge is -2.35. The smallest absolute Gasteiger partial charge is 0.256 e. The number of hydrogen-bond donors (Lipinski definition) is 1. The molecular weight excluding hydrogens is 255 g/mol. The molecule has 0 saturated heterocycles. The van der Waals surface area contributed by atoms with E-state index in [2.05, 4.69) is 12.2 Å². The van der Waals surface area contributed by atoms with Crippen LogP contribution in [-0.2, 0) is 0 Å². The summed E-state index contributed by atoms with van der Waals surface area (Å²) in [6, 6.07) is 6.98. The second-order valence-corrected chi connectivity index (χ2v) is 5.46. The Bertz CT molecular complexity index is 456. The average molecular weight is 278 g/mol. The van der Waals surface area contributed by atoms with E-state index in [0.717, 1.165) is 32.2 Å². The molecule has 2 rings (SSSR count). The fraction of sp³-hybridized carbons (Fsp3) is 0.562. The van der Waals surface area contributed by atoms with Gasteiger partial charge in [0, 0.05) is 19.1 Å². The van der Waals surface area contributed by atoms with Crippen molar-refractivity contribution in [3.63, 3.8) is 0 Å². The first kappa shape index (κ1) is 15.0. The van der Waals surface area contributed by atoms with Crippen LogP contribution in [0.15, 0.2) is 24.3 Å². The van der Waals surface area contributed by atoms with Crippen molar-refractivity contribution >= 4 is 5.91 Å². The van der Waals surface area contributed by atoms with Crippen molar-refractivity contribution in [3.8, 4) is 0 Å². The van der Waals surface area contributed by atoms with Crippen molar-refractivity contribution in [3.05, 3.63) is 35.6 Å². The lowest BCUT2D eigenvalue weighted by atomic mass is 9.90. The van der Waals surface area contributed by atoms with E-state index in [1.54, 1.807) is 30.1 Å². The van der Waals surface area contributed by atoms with Gasteiger partial charge >= 0.3 is 0 Å². The Morgan fingerprint density at radius 3 is 2.55 bits per heavy atom. The van der Waals surface area contributed by atoms with Crippen LogP contribution in [0, 0.1) is 5.82 Å². The minimum absolute atomic E-state index is 0.170. The van der Waals surface area contributed by atoms with E-state index in [0.29, 0.717) is 6.04 Å². The fourth-order valence-electron chi connectivity index (χ4n) is 2.95. The summed E-state index contributed by atoms with van der Waals surface area (Å²) in [4.78, 5) is 14.1. The van der Waals surface area contributed by atoms with Gasteiger partial charge in [-0.25, -0.2) is 4.39 Å². The van der Waals surface area contributed by atoms with E-state index in [1.165, 1.54) is 6.07 Å². The molecule has 0 aromatic heterocycles. The Labute approximate surface area is 120 Å². The van der Waals surface area contributed by atoms with Gasteiger partial charge in [0.15, 0.2) is 0 Å². The molecule has 1 fully saturated rings. The Morgan fingerprint density at radius 2 is 1.95 bits per heavy atom. The molecule has 0 atom stereocenters.